The molecule has 0 saturated carbocycles. The van der Waals surface area contributed by atoms with Crippen LogP contribution >= 0.6 is 15.9 Å². The molecule has 0 N–H and O–H groups in total. The van der Waals surface area contributed by atoms with Crippen molar-refractivity contribution in [2.24, 2.45) is 0 Å². The van der Waals surface area contributed by atoms with Gasteiger partial charge in [0.25, 0.3) is 0 Å². The summed E-state index contributed by atoms with van der Waals surface area (Å²) in [5.41, 5.74) is 0. The molecule has 0 aromatic rings. The minimum absolute atomic E-state index is 0. The Morgan fingerprint density at radius 1 is 1.75 bits per heavy atom. The van der Waals surface area contributed by atoms with Crippen LogP contribution in [0.25, 0.3) is 0 Å². The lowest BCUT2D eigenvalue weighted by Gasteiger charge is -1.27. The average molecular weight is 127 g/mol. The summed E-state index contributed by atoms with van der Waals surface area (Å²) in [6, 6.07) is 0. The van der Waals surface area contributed by atoms with Gasteiger partial charge in [0.1, 0.15) is 0 Å². The summed E-state index contributed by atoms with van der Waals surface area (Å²) in [5, 5.41) is 0. The van der Waals surface area contributed by atoms with Gasteiger partial charge in [0.05, 0.1) is 0 Å². The maximum absolute atomic E-state index is 3.28. The van der Waals surface area contributed by atoms with E-state index in [2.05, 4.69) is 22.5 Å². The van der Waals surface area contributed by atoms with Crippen LogP contribution in [0.4, 0.5) is 4.70 Å². The molecule has 0 bridgehead atoms. The van der Waals surface area contributed by atoms with Crippen LogP contribution in [0.1, 0.15) is 0 Å². The van der Waals surface area contributed by atoms with Gasteiger partial charge in [0.2, 0.25) is 0 Å². The Morgan fingerprint density at radius 3 is 1.75 bits per heavy atom. The molecule has 0 atom stereocenters. The average Bonchev–Trinajstić information content (AvgIpc) is 0.918. The van der Waals surface area contributed by atoms with E-state index in [4.69, 9.17) is 0 Å². The molecule has 0 aromatic heterocycles. The molecular formula is C2H4BrF. The van der Waals surface area contributed by atoms with Crippen molar-refractivity contribution < 1.29 is 4.70 Å². The molecule has 2 heteroatoms. The second-order valence-electron chi connectivity index (χ2n) is 0.154. The number of hydrogen-bond acceptors (Lipinski definition) is 0. The fraction of sp³-hybridized carbons (Fsp3) is 0. The predicted molar refractivity (Wildman–Crippen MR) is 21.6 cm³/mol. The lowest BCUT2D eigenvalue weighted by Crippen LogP contribution is -0.895. The highest BCUT2D eigenvalue weighted by molar-refractivity contribution is 9.11. The summed E-state index contributed by atoms with van der Waals surface area (Å²) in [4.78, 5) is 1.56. The van der Waals surface area contributed by atoms with Crippen LogP contribution in [0.5, 0.6) is 0 Å². The number of halogens is 2. The minimum Gasteiger partial charge on any atom is -0.269 e. The normalized spacial score (nSPS) is 3.25. The Bertz CT molecular complexity index is 13.5. The fourth-order valence-corrected chi connectivity index (χ4v) is 0. The van der Waals surface area contributed by atoms with Crippen molar-refractivity contribution >= 4 is 15.9 Å². The van der Waals surface area contributed by atoms with Gasteiger partial charge in [0.15, 0.2) is 0 Å². The zero-order valence-corrected chi connectivity index (χ0v) is 3.66. The molecule has 0 aliphatic rings. The molecule has 0 aliphatic heterocycles. The third-order valence-electron chi connectivity index (χ3n) is 0. The monoisotopic (exact) mass is 126 g/mol. The Labute approximate surface area is 33.0 Å². The third-order valence-corrected chi connectivity index (χ3v) is 0. The molecule has 0 amide bonds. The highest BCUT2D eigenvalue weighted by Crippen LogP contribution is 1.68. The van der Waals surface area contributed by atoms with Crippen molar-refractivity contribution in [1.29, 1.82) is 0 Å². The Balaban J connectivity index is 0. The van der Waals surface area contributed by atoms with E-state index >= 15 is 0 Å². The number of hydrogen-bond donors (Lipinski definition) is 0. The van der Waals surface area contributed by atoms with E-state index in [1.807, 2.05) is 0 Å². The Morgan fingerprint density at radius 2 is 1.75 bits per heavy atom. The van der Waals surface area contributed by atoms with Gasteiger partial charge in [-0.3, -0.25) is 4.70 Å². The van der Waals surface area contributed by atoms with Crippen LogP contribution in [0.15, 0.2) is 11.6 Å². The number of rotatable bonds is 0. The summed E-state index contributed by atoms with van der Waals surface area (Å²) in [6.45, 7) is 3.28. The molecule has 0 unspecified atom stereocenters. The van der Waals surface area contributed by atoms with Crippen LogP contribution < -0.4 is 0 Å². The van der Waals surface area contributed by atoms with Gasteiger partial charge in [-0.25, -0.2) is 0 Å². The molecule has 0 fully saturated rings. The van der Waals surface area contributed by atoms with Crippen molar-refractivity contribution in [3.8, 4) is 0 Å². The van der Waals surface area contributed by atoms with E-state index in [0.29, 0.717) is 0 Å². The molecule has 0 radical (unpaired) electrons. The van der Waals surface area contributed by atoms with Crippen LogP contribution in [0.3, 0.4) is 0 Å². The predicted octanol–water partition coefficient (Wildman–Crippen LogP) is 1.68. The quantitative estimate of drug-likeness (QED) is 0.464. The van der Waals surface area contributed by atoms with Crippen molar-refractivity contribution in [1.82, 2.24) is 0 Å². The van der Waals surface area contributed by atoms with Crippen LogP contribution in [-0.2, 0) is 0 Å². The molecule has 0 saturated heterocycles. The molecule has 0 aromatic carbocycles. The molecule has 4 heavy (non-hydrogen) atoms. The maximum atomic E-state index is 3.28. The first-order valence-corrected chi connectivity index (χ1v) is 1.54. The van der Waals surface area contributed by atoms with Gasteiger partial charge in [-0.2, -0.15) is 0 Å². The van der Waals surface area contributed by atoms with Crippen molar-refractivity contribution in [2.45, 2.75) is 0 Å². The molecule has 0 aliphatic carbocycles. The highest BCUT2D eigenvalue weighted by atomic mass is 79.9. The van der Waals surface area contributed by atoms with Crippen molar-refractivity contribution in [2.75, 3.05) is 0 Å². The second-order valence-corrected chi connectivity index (χ2v) is 0.802. The van der Waals surface area contributed by atoms with E-state index in [1.54, 1.807) is 4.99 Å². The summed E-state index contributed by atoms with van der Waals surface area (Å²) in [5.74, 6) is 0. The molecule has 0 heterocycles. The molecule has 0 rings (SSSR count). The lowest BCUT2D eigenvalue weighted by molar-refractivity contribution is 1.11. The first-order valence-electron chi connectivity index (χ1n) is 0.626. The fourth-order valence-electron chi connectivity index (χ4n) is 0. The van der Waals surface area contributed by atoms with Crippen LogP contribution in [-0.4, -0.2) is 0 Å². The summed E-state index contributed by atoms with van der Waals surface area (Å²) in [7, 11) is 0. The van der Waals surface area contributed by atoms with Gasteiger partial charge in [0, 0.05) is 0 Å². The molecule has 0 spiro atoms. The highest BCUT2D eigenvalue weighted by Gasteiger charge is 1.18. The molecule has 0 nitrogen and oxygen atoms in total. The first-order chi connectivity index (χ1) is 1.41. The third kappa shape index (κ3) is 126. The van der Waals surface area contributed by atoms with Crippen molar-refractivity contribution in [3.05, 3.63) is 11.6 Å². The van der Waals surface area contributed by atoms with Gasteiger partial charge in [-0.15, -0.1) is 0 Å². The van der Waals surface area contributed by atoms with Gasteiger partial charge < -0.3 is 0 Å². The van der Waals surface area contributed by atoms with Crippen LogP contribution in [0, 0.1) is 0 Å². The molecular weight excluding hydrogens is 123 g/mol. The van der Waals surface area contributed by atoms with E-state index in [1.165, 1.54) is 0 Å². The van der Waals surface area contributed by atoms with E-state index in [-0.39, 0.29) is 4.70 Å². The summed E-state index contributed by atoms with van der Waals surface area (Å²) >= 11 is 2.91. The van der Waals surface area contributed by atoms with Crippen molar-refractivity contribution in [3.63, 3.8) is 0 Å². The topological polar surface area (TPSA) is 0 Å². The summed E-state index contributed by atoms with van der Waals surface area (Å²) in [6.07, 6.45) is 0. The Hall–Kier alpha value is 0.150. The second kappa shape index (κ2) is 11.0. The van der Waals surface area contributed by atoms with Gasteiger partial charge in [-0.1, -0.05) is 22.5 Å². The lowest BCUT2D eigenvalue weighted by atomic mass is 11.3. The standard InChI is InChI=1S/C2H3Br.FH/c1-2-3;/h2H,1H2;1H. The van der Waals surface area contributed by atoms with Crippen LogP contribution in [0.2, 0.25) is 0 Å². The zero-order chi connectivity index (χ0) is 2.71. The Kier molecular flexibility index (Phi) is 24.5. The van der Waals surface area contributed by atoms with Gasteiger partial charge >= 0.3 is 0 Å². The smallest absolute Gasteiger partial charge is 0.0261 e. The SMILES string of the molecule is C=CBr.F. The van der Waals surface area contributed by atoms with Gasteiger partial charge in [-0.05, 0) is 4.99 Å². The van der Waals surface area contributed by atoms with E-state index < -0.39 is 0 Å². The van der Waals surface area contributed by atoms with E-state index in [9.17, 15) is 0 Å². The first kappa shape index (κ1) is 8.91. The maximum Gasteiger partial charge on any atom is -0.0261 e. The molecule has 26 valence electrons. The van der Waals surface area contributed by atoms with E-state index in [0.717, 1.165) is 0 Å². The summed E-state index contributed by atoms with van der Waals surface area (Å²) < 4.78 is 0. The minimum atomic E-state index is 0. The zero-order valence-electron chi connectivity index (χ0n) is 2.07. The largest absolute Gasteiger partial charge is 0.269 e.